The average Bonchev–Trinajstić information content (AvgIpc) is 2.98. The third-order valence-corrected chi connectivity index (χ3v) is 4.91. The number of rotatable bonds is 6. The molecule has 0 spiro atoms. The molecule has 0 unspecified atom stereocenters. The number of sulfonamides is 1. The highest BCUT2D eigenvalue weighted by Gasteiger charge is 2.07. The van der Waals surface area contributed by atoms with Crippen LogP contribution in [0.25, 0.3) is 6.08 Å². The Hall–Kier alpha value is -1.92. The zero-order valence-electron chi connectivity index (χ0n) is 11.4. The smallest absolute Gasteiger partial charge is 0.232 e. The van der Waals surface area contributed by atoms with Crippen molar-refractivity contribution in [3.63, 3.8) is 0 Å². The maximum absolute atomic E-state index is 12.0. The van der Waals surface area contributed by atoms with Crippen molar-refractivity contribution in [3.05, 3.63) is 58.3 Å². The van der Waals surface area contributed by atoms with E-state index in [0.29, 0.717) is 11.3 Å². The first-order chi connectivity index (χ1) is 10.00. The molecule has 1 aromatic heterocycles. The molecule has 1 aromatic carbocycles. The predicted molar refractivity (Wildman–Crippen MR) is 87.2 cm³/mol. The van der Waals surface area contributed by atoms with Crippen molar-refractivity contribution in [1.29, 1.82) is 0 Å². The second-order valence-corrected chi connectivity index (χ2v) is 7.29. The van der Waals surface area contributed by atoms with Gasteiger partial charge in [-0.2, -0.15) is 0 Å². The molecule has 0 saturated carbocycles. The van der Waals surface area contributed by atoms with Crippen LogP contribution in [0.3, 0.4) is 0 Å². The number of nitrogens with one attached hydrogen (secondary N) is 1. The lowest BCUT2D eigenvalue weighted by Crippen LogP contribution is -2.14. The highest BCUT2D eigenvalue weighted by molar-refractivity contribution is 7.92. The molecule has 0 amide bonds. The number of carbonyl (C=O) groups excluding carboxylic acids is 1. The van der Waals surface area contributed by atoms with Gasteiger partial charge in [-0.15, -0.1) is 11.3 Å². The number of anilines is 1. The number of carbonyl (C=O) groups is 1. The third-order valence-electron chi connectivity index (χ3n) is 2.76. The van der Waals surface area contributed by atoms with E-state index in [2.05, 4.69) is 4.72 Å². The SMILES string of the molecule is CCS(=O)(=O)Nc1ccc(C(=O)/C=C/c2cccs2)cc1. The van der Waals surface area contributed by atoms with Gasteiger partial charge in [0, 0.05) is 16.1 Å². The van der Waals surface area contributed by atoms with E-state index < -0.39 is 10.0 Å². The fourth-order valence-electron chi connectivity index (χ4n) is 1.59. The Balaban J connectivity index is 2.06. The summed E-state index contributed by atoms with van der Waals surface area (Å²) in [6.07, 6.45) is 3.28. The minimum absolute atomic E-state index is 0.0111. The molecule has 0 bridgehead atoms. The Morgan fingerprint density at radius 1 is 1.24 bits per heavy atom. The van der Waals surface area contributed by atoms with Crippen molar-refractivity contribution in [1.82, 2.24) is 0 Å². The summed E-state index contributed by atoms with van der Waals surface area (Å²) in [5, 5.41) is 1.94. The summed E-state index contributed by atoms with van der Waals surface area (Å²) in [5.41, 5.74) is 0.970. The van der Waals surface area contributed by atoms with E-state index in [4.69, 9.17) is 0 Å². The minimum Gasteiger partial charge on any atom is -0.289 e. The third kappa shape index (κ3) is 4.54. The highest BCUT2D eigenvalue weighted by Crippen LogP contribution is 2.14. The molecule has 2 aromatic rings. The second-order valence-electron chi connectivity index (χ2n) is 4.30. The van der Waals surface area contributed by atoms with Crippen molar-refractivity contribution >= 4 is 38.9 Å². The largest absolute Gasteiger partial charge is 0.289 e. The molecule has 110 valence electrons. The van der Waals surface area contributed by atoms with Gasteiger partial charge in [0.2, 0.25) is 10.0 Å². The van der Waals surface area contributed by atoms with Crippen LogP contribution in [0.15, 0.2) is 47.9 Å². The summed E-state index contributed by atoms with van der Waals surface area (Å²) in [6, 6.07) is 10.2. The summed E-state index contributed by atoms with van der Waals surface area (Å²) >= 11 is 1.56. The first kappa shape index (κ1) is 15.5. The average molecular weight is 321 g/mol. The lowest BCUT2D eigenvalue weighted by molar-refractivity contribution is 0.104. The molecule has 0 fully saturated rings. The van der Waals surface area contributed by atoms with Gasteiger partial charge in [-0.25, -0.2) is 8.42 Å². The number of ketones is 1. The number of hydrogen-bond donors (Lipinski definition) is 1. The van der Waals surface area contributed by atoms with Crippen molar-refractivity contribution < 1.29 is 13.2 Å². The van der Waals surface area contributed by atoms with Gasteiger partial charge in [0.05, 0.1) is 5.75 Å². The summed E-state index contributed by atoms with van der Waals surface area (Å²) < 4.78 is 25.3. The van der Waals surface area contributed by atoms with Gasteiger partial charge in [-0.05, 0) is 54.8 Å². The van der Waals surface area contributed by atoms with Crippen LogP contribution in [-0.4, -0.2) is 20.0 Å². The van der Waals surface area contributed by atoms with E-state index in [1.165, 1.54) is 6.08 Å². The lowest BCUT2D eigenvalue weighted by atomic mass is 10.1. The van der Waals surface area contributed by atoms with E-state index in [-0.39, 0.29) is 11.5 Å². The number of thiophene rings is 1. The van der Waals surface area contributed by atoms with E-state index in [9.17, 15) is 13.2 Å². The zero-order valence-corrected chi connectivity index (χ0v) is 13.1. The van der Waals surface area contributed by atoms with Crippen molar-refractivity contribution in [2.45, 2.75) is 6.92 Å². The Morgan fingerprint density at radius 2 is 1.95 bits per heavy atom. The van der Waals surface area contributed by atoms with Crippen LogP contribution in [0.2, 0.25) is 0 Å². The molecule has 6 heteroatoms. The quantitative estimate of drug-likeness (QED) is 0.655. The molecule has 0 atom stereocenters. The number of benzene rings is 1. The van der Waals surface area contributed by atoms with Gasteiger partial charge in [0.25, 0.3) is 0 Å². The molecule has 0 aliphatic heterocycles. The maximum Gasteiger partial charge on any atom is 0.232 e. The molecular weight excluding hydrogens is 306 g/mol. The van der Waals surface area contributed by atoms with Gasteiger partial charge in [-0.3, -0.25) is 9.52 Å². The van der Waals surface area contributed by atoms with Gasteiger partial charge in [0.1, 0.15) is 0 Å². The molecule has 1 N–H and O–H groups in total. The molecule has 21 heavy (non-hydrogen) atoms. The van der Waals surface area contributed by atoms with E-state index in [0.717, 1.165) is 4.88 Å². The second kappa shape index (κ2) is 6.69. The Morgan fingerprint density at radius 3 is 2.52 bits per heavy atom. The Labute approximate surface area is 128 Å². The van der Waals surface area contributed by atoms with Crippen LogP contribution in [0.5, 0.6) is 0 Å². The molecular formula is C15H15NO3S2. The molecule has 0 radical (unpaired) electrons. The van der Waals surface area contributed by atoms with Crippen LogP contribution in [0.4, 0.5) is 5.69 Å². The van der Waals surface area contributed by atoms with E-state index >= 15 is 0 Å². The van der Waals surface area contributed by atoms with Crippen LogP contribution in [0.1, 0.15) is 22.2 Å². The number of allylic oxidation sites excluding steroid dienone is 1. The summed E-state index contributed by atoms with van der Waals surface area (Å²) in [5.74, 6) is -0.106. The lowest BCUT2D eigenvalue weighted by Gasteiger charge is -2.05. The normalized spacial score (nSPS) is 11.7. The van der Waals surface area contributed by atoms with Crippen LogP contribution >= 0.6 is 11.3 Å². The molecule has 1 heterocycles. The van der Waals surface area contributed by atoms with Crippen LogP contribution in [0, 0.1) is 0 Å². The van der Waals surface area contributed by atoms with E-state index in [1.807, 2.05) is 17.5 Å². The van der Waals surface area contributed by atoms with Crippen LogP contribution < -0.4 is 4.72 Å². The van der Waals surface area contributed by atoms with E-state index in [1.54, 1.807) is 48.6 Å². The molecule has 0 aliphatic carbocycles. The molecule has 0 aliphatic rings. The van der Waals surface area contributed by atoms with Crippen molar-refractivity contribution in [3.8, 4) is 0 Å². The predicted octanol–water partition coefficient (Wildman–Crippen LogP) is 3.41. The first-order valence-corrected chi connectivity index (χ1v) is 8.90. The first-order valence-electron chi connectivity index (χ1n) is 6.36. The molecule has 2 rings (SSSR count). The highest BCUT2D eigenvalue weighted by atomic mass is 32.2. The minimum atomic E-state index is -3.29. The van der Waals surface area contributed by atoms with Crippen LogP contribution in [-0.2, 0) is 10.0 Å². The molecule has 0 saturated heterocycles. The molecule has 4 nitrogen and oxygen atoms in total. The number of hydrogen-bond acceptors (Lipinski definition) is 4. The van der Waals surface area contributed by atoms with Crippen molar-refractivity contribution in [2.24, 2.45) is 0 Å². The zero-order chi connectivity index (χ0) is 15.3. The maximum atomic E-state index is 12.0. The monoisotopic (exact) mass is 321 g/mol. The summed E-state index contributed by atoms with van der Waals surface area (Å²) in [7, 11) is -3.29. The van der Waals surface area contributed by atoms with Gasteiger partial charge < -0.3 is 0 Å². The van der Waals surface area contributed by atoms with Crippen molar-refractivity contribution in [2.75, 3.05) is 10.5 Å². The fourth-order valence-corrected chi connectivity index (χ4v) is 2.85. The fraction of sp³-hybridized carbons (Fsp3) is 0.133. The van der Waals surface area contributed by atoms with Gasteiger partial charge in [0.15, 0.2) is 5.78 Å². The summed E-state index contributed by atoms with van der Waals surface area (Å²) in [4.78, 5) is 13.0. The Kier molecular flexibility index (Phi) is 4.93. The topological polar surface area (TPSA) is 63.2 Å². The van der Waals surface area contributed by atoms with Gasteiger partial charge >= 0.3 is 0 Å². The summed E-state index contributed by atoms with van der Waals surface area (Å²) in [6.45, 7) is 1.57. The standard InChI is InChI=1S/C15H15NO3S2/c1-2-21(18,19)16-13-7-5-12(6-8-13)15(17)10-9-14-4-3-11-20-14/h3-11,16H,2H2,1H3/b10-9+. The Bertz CT molecular complexity index is 730. The van der Waals surface area contributed by atoms with Gasteiger partial charge in [-0.1, -0.05) is 6.07 Å².